The zero-order chi connectivity index (χ0) is 12.2. The van der Waals surface area contributed by atoms with E-state index in [1.165, 1.54) is 22.0 Å². The molecule has 0 bridgehead atoms. The third kappa shape index (κ3) is 1.47. The molecule has 0 aliphatic carbocycles. The lowest BCUT2D eigenvalue weighted by molar-refractivity contribution is 0.740. The SMILES string of the molecule is CC1=Nc2ccc3cc(Br)ccc3c2C1(C)C. The van der Waals surface area contributed by atoms with Gasteiger partial charge in [0.1, 0.15) is 0 Å². The molecule has 1 heterocycles. The Bertz CT molecular complexity index is 653. The molecule has 0 atom stereocenters. The van der Waals surface area contributed by atoms with Gasteiger partial charge in [0, 0.05) is 15.6 Å². The Kier molecular flexibility index (Phi) is 2.21. The Hall–Kier alpha value is -1.15. The molecule has 2 heteroatoms. The first-order chi connectivity index (χ1) is 8.00. The summed E-state index contributed by atoms with van der Waals surface area (Å²) in [5.74, 6) is 0. The second kappa shape index (κ2) is 3.42. The lowest BCUT2D eigenvalue weighted by atomic mass is 9.80. The third-order valence-corrected chi connectivity index (χ3v) is 4.27. The predicted molar refractivity (Wildman–Crippen MR) is 77.4 cm³/mol. The van der Waals surface area contributed by atoms with E-state index in [4.69, 9.17) is 0 Å². The van der Waals surface area contributed by atoms with Crippen LogP contribution in [-0.4, -0.2) is 5.71 Å². The van der Waals surface area contributed by atoms with Gasteiger partial charge in [-0.2, -0.15) is 0 Å². The van der Waals surface area contributed by atoms with Gasteiger partial charge in [0.05, 0.1) is 5.69 Å². The van der Waals surface area contributed by atoms with Gasteiger partial charge in [-0.1, -0.05) is 41.9 Å². The molecule has 1 aliphatic rings. The highest BCUT2D eigenvalue weighted by Gasteiger charge is 2.33. The van der Waals surface area contributed by atoms with Crippen LogP contribution in [0.1, 0.15) is 26.3 Å². The van der Waals surface area contributed by atoms with Crippen molar-refractivity contribution in [2.24, 2.45) is 4.99 Å². The topological polar surface area (TPSA) is 12.4 Å². The van der Waals surface area contributed by atoms with E-state index in [0.29, 0.717) is 0 Å². The number of hydrogen-bond donors (Lipinski definition) is 0. The van der Waals surface area contributed by atoms with Gasteiger partial charge in [-0.05, 0) is 41.5 Å². The van der Waals surface area contributed by atoms with Gasteiger partial charge in [-0.25, -0.2) is 0 Å². The van der Waals surface area contributed by atoms with Crippen molar-refractivity contribution in [3.8, 4) is 0 Å². The van der Waals surface area contributed by atoms with Gasteiger partial charge in [-0.3, -0.25) is 4.99 Å². The lowest BCUT2D eigenvalue weighted by Gasteiger charge is -2.21. The molecule has 0 aromatic heterocycles. The maximum absolute atomic E-state index is 4.68. The number of nitrogens with zero attached hydrogens (tertiary/aromatic N) is 1. The summed E-state index contributed by atoms with van der Waals surface area (Å²) in [6, 6.07) is 10.7. The summed E-state index contributed by atoms with van der Waals surface area (Å²) in [5.41, 5.74) is 3.73. The average molecular weight is 288 g/mol. The molecule has 0 spiro atoms. The normalized spacial score (nSPS) is 17.1. The standard InChI is InChI=1S/C15H14BrN/c1-9-15(2,3)14-12-6-5-11(16)8-10(12)4-7-13(14)17-9/h4-8H,1-3H3. The minimum atomic E-state index is 0.0443. The number of hydrogen-bond acceptors (Lipinski definition) is 1. The Balaban J connectivity index is 2.41. The minimum Gasteiger partial charge on any atom is -0.257 e. The van der Waals surface area contributed by atoms with E-state index in [2.05, 4.69) is 72.0 Å². The van der Waals surface area contributed by atoms with Crippen molar-refractivity contribution < 1.29 is 0 Å². The van der Waals surface area contributed by atoms with Gasteiger partial charge in [0.15, 0.2) is 0 Å². The predicted octanol–water partition coefficient (Wildman–Crippen LogP) is 4.99. The van der Waals surface area contributed by atoms with Gasteiger partial charge >= 0.3 is 0 Å². The highest BCUT2D eigenvalue weighted by Crippen LogP contribution is 2.44. The fraction of sp³-hybridized carbons (Fsp3) is 0.267. The van der Waals surface area contributed by atoms with Gasteiger partial charge < -0.3 is 0 Å². The highest BCUT2D eigenvalue weighted by molar-refractivity contribution is 9.10. The van der Waals surface area contributed by atoms with Crippen LogP contribution in [0.4, 0.5) is 5.69 Å². The van der Waals surface area contributed by atoms with Crippen molar-refractivity contribution in [1.82, 2.24) is 0 Å². The molecule has 86 valence electrons. The van der Waals surface area contributed by atoms with Crippen LogP contribution in [0.5, 0.6) is 0 Å². The minimum absolute atomic E-state index is 0.0443. The largest absolute Gasteiger partial charge is 0.257 e. The third-order valence-electron chi connectivity index (χ3n) is 3.78. The first-order valence-electron chi connectivity index (χ1n) is 5.78. The highest BCUT2D eigenvalue weighted by atomic mass is 79.9. The summed E-state index contributed by atoms with van der Waals surface area (Å²) in [6.45, 7) is 6.61. The molecule has 2 aromatic rings. The number of benzene rings is 2. The molecule has 3 rings (SSSR count). The summed E-state index contributed by atoms with van der Waals surface area (Å²) in [4.78, 5) is 4.68. The summed E-state index contributed by atoms with van der Waals surface area (Å²) >= 11 is 3.52. The molecule has 0 radical (unpaired) electrons. The molecule has 0 N–H and O–H groups in total. The Labute approximate surface area is 110 Å². The summed E-state index contributed by atoms with van der Waals surface area (Å²) in [6.07, 6.45) is 0. The average Bonchev–Trinajstić information content (AvgIpc) is 2.50. The Morgan fingerprint density at radius 3 is 2.65 bits per heavy atom. The molecule has 0 fully saturated rings. The maximum atomic E-state index is 4.68. The molecule has 1 nitrogen and oxygen atoms in total. The van der Waals surface area contributed by atoms with E-state index in [9.17, 15) is 0 Å². The number of fused-ring (bicyclic) bond motifs is 3. The Morgan fingerprint density at radius 2 is 1.88 bits per heavy atom. The number of rotatable bonds is 0. The van der Waals surface area contributed by atoms with E-state index >= 15 is 0 Å². The fourth-order valence-corrected chi connectivity index (χ4v) is 2.92. The second-order valence-corrected chi connectivity index (χ2v) is 6.06. The van der Waals surface area contributed by atoms with E-state index in [1.54, 1.807) is 0 Å². The van der Waals surface area contributed by atoms with Crippen LogP contribution in [-0.2, 0) is 5.41 Å². The summed E-state index contributed by atoms with van der Waals surface area (Å²) < 4.78 is 1.12. The van der Waals surface area contributed by atoms with Gasteiger partial charge in [0.25, 0.3) is 0 Å². The first-order valence-corrected chi connectivity index (χ1v) is 6.58. The molecule has 17 heavy (non-hydrogen) atoms. The van der Waals surface area contributed by atoms with Crippen molar-refractivity contribution in [3.05, 3.63) is 40.4 Å². The van der Waals surface area contributed by atoms with Crippen LogP contribution in [0.2, 0.25) is 0 Å². The smallest absolute Gasteiger partial charge is 0.0677 e. The van der Waals surface area contributed by atoms with Crippen molar-refractivity contribution in [1.29, 1.82) is 0 Å². The van der Waals surface area contributed by atoms with E-state index < -0.39 is 0 Å². The molecule has 2 aromatic carbocycles. The maximum Gasteiger partial charge on any atom is 0.0677 e. The zero-order valence-corrected chi connectivity index (χ0v) is 11.8. The lowest BCUT2D eigenvalue weighted by Crippen LogP contribution is -2.22. The monoisotopic (exact) mass is 287 g/mol. The quantitative estimate of drug-likeness (QED) is 0.648. The molecule has 1 aliphatic heterocycles. The Morgan fingerprint density at radius 1 is 1.12 bits per heavy atom. The van der Waals surface area contributed by atoms with E-state index in [-0.39, 0.29) is 5.41 Å². The molecular weight excluding hydrogens is 274 g/mol. The van der Waals surface area contributed by atoms with Crippen LogP contribution in [0.25, 0.3) is 10.8 Å². The number of aliphatic imine (C=N–C) groups is 1. The van der Waals surface area contributed by atoms with Crippen molar-refractivity contribution in [2.75, 3.05) is 0 Å². The summed E-state index contributed by atoms with van der Waals surface area (Å²) in [5, 5.41) is 2.59. The summed E-state index contributed by atoms with van der Waals surface area (Å²) in [7, 11) is 0. The molecular formula is C15H14BrN. The molecule has 0 saturated heterocycles. The van der Waals surface area contributed by atoms with Crippen molar-refractivity contribution >= 4 is 38.1 Å². The fourth-order valence-electron chi connectivity index (χ4n) is 2.54. The van der Waals surface area contributed by atoms with Crippen LogP contribution in [0.15, 0.2) is 39.8 Å². The van der Waals surface area contributed by atoms with Crippen molar-refractivity contribution in [3.63, 3.8) is 0 Å². The van der Waals surface area contributed by atoms with Gasteiger partial charge in [0.2, 0.25) is 0 Å². The van der Waals surface area contributed by atoms with Crippen LogP contribution >= 0.6 is 15.9 Å². The molecule has 0 amide bonds. The van der Waals surface area contributed by atoms with E-state index in [1.807, 2.05) is 0 Å². The second-order valence-electron chi connectivity index (χ2n) is 5.15. The van der Waals surface area contributed by atoms with Crippen LogP contribution in [0.3, 0.4) is 0 Å². The zero-order valence-electron chi connectivity index (χ0n) is 10.2. The van der Waals surface area contributed by atoms with Crippen LogP contribution < -0.4 is 0 Å². The van der Waals surface area contributed by atoms with E-state index in [0.717, 1.165) is 10.2 Å². The number of halogens is 1. The molecule has 0 unspecified atom stereocenters. The first kappa shape index (κ1) is 11.0. The van der Waals surface area contributed by atoms with Crippen molar-refractivity contribution in [2.45, 2.75) is 26.2 Å². The molecule has 0 saturated carbocycles. The van der Waals surface area contributed by atoms with Gasteiger partial charge in [-0.15, -0.1) is 0 Å². The van der Waals surface area contributed by atoms with Crippen LogP contribution in [0, 0.1) is 0 Å².